The Morgan fingerprint density at radius 3 is 2.78 bits per heavy atom. The first-order valence-electron chi connectivity index (χ1n) is 9.17. The number of hydrogen-bond acceptors (Lipinski definition) is 7. The van der Waals surface area contributed by atoms with Crippen molar-refractivity contribution in [3.8, 4) is 10.6 Å². The van der Waals surface area contributed by atoms with Gasteiger partial charge in [-0.25, -0.2) is 4.98 Å². The second-order valence-corrected chi connectivity index (χ2v) is 8.63. The number of anilines is 1. The fourth-order valence-electron chi connectivity index (χ4n) is 3.65. The summed E-state index contributed by atoms with van der Waals surface area (Å²) in [5, 5.41) is 13.3. The van der Waals surface area contributed by atoms with Crippen LogP contribution in [0, 0.1) is 0 Å². The molecule has 8 heteroatoms. The fourth-order valence-corrected chi connectivity index (χ4v) is 5.20. The third kappa shape index (κ3) is 3.23. The average molecular weight is 398 g/mol. The maximum absolute atomic E-state index is 12.8. The lowest BCUT2D eigenvalue weighted by Gasteiger charge is -2.34. The Bertz CT molecular complexity index is 960. The monoisotopic (exact) mass is 397 g/mol. The molecule has 1 fully saturated rings. The van der Waals surface area contributed by atoms with Crippen LogP contribution < -0.4 is 4.90 Å². The molecule has 0 atom stereocenters. The van der Waals surface area contributed by atoms with Gasteiger partial charge in [0.1, 0.15) is 0 Å². The van der Waals surface area contributed by atoms with Gasteiger partial charge in [-0.15, -0.1) is 27.8 Å². The quantitative estimate of drug-likeness (QED) is 0.680. The van der Waals surface area contributed by atoms with Crippen molar-refractivity contribution in [3.63, 3.8) is 0 Å². The van der Waals surface area contributed by atoms with Gasteiger partial charge in [0.25, 0.3) is 5.91 Å². The Morgan fingerprint density at radius 1 is 1.07 bits per heavy atom. The molecule has 3 aromatic rings. The van der Waals surface area contributed by atoms with Gasteiger partial charge in [-0.2, -0.15) is 5.10 Å². The summed E-state index contributed by atoms with van der Waals surface area (Å²) in [6, 6.07) is 6.22. The van der Waals surface area contributed by atoms with E-state index in [4.69, 9.17) is 0 Å². The van der Waals surface area contributed by atoms with Gasteiger partial charge in [0, 0.05) is 31.6 Å². The molecule has 1 aliphatic carbocycles. The van der Waals surface area contributed by atoms with Gasteiger partial charge in [-0.05, 0) is 42.3 Å². The highest BCUT2D eigenvalue weighted by molar-refractivity contribution is 7.15. The zero-order chi connectivity index (χ0) is 18.2. The van der Waals surface area contributed by atoms with E-state index in [2.05, 4.69) is 26.1 Å². The summed E-state index contributed by atoms with van der Waals surface area (Å²) in [4.78, 5) is 22.6. The van der Waals surface area contributed by atoms with Gasteiger partial charge < -0.3 is 9.80 Å². The molecule has 5 rings (SSSR count). The summed E-state index contributed by atoms with van der Waals surface area (Å²) >= 11 is 3.07. The summed E-state index contributed by atoms with van der Waals surface area (Å²) in [6.45, 7) is 2.93. The maximum atomic E-state index is 12.8. The lowest BCUT2D eigenvalue weighted by molar-refractivity contribution is 0.0746. The molecule has 0 radical (unpaired) electrons. The normalized spacial score (nSPS) is 16.6. The Morgan fingerprint density at radius 2 is 1.96 bits per heavy atom. The molecule has 0 N–H and O–H groups in total. The molecule has 0 aromatic carbocycles. The van der Waals surface area contributed by atoms with Gasteiger partial charge in [0.2, 0.25) is 0 Å². The molecule has 138 valence electrons. The first-order valence-corrected chi connectivity index (χ1v) is 10.9. The van der Waals surface area contributed by atoms with Crippen molar-refractivity contribution in [3.05, 3.63) is 45.2 Å². The highest BCUT2D eigenvalue weighted by atomic mass is 32.1. The smallest absolute Gasteiger partial charge is 0.282 e. The number of aromatic nitrogens is 3. The van der Waals surface area contributed by atoms with E-state index in [-0.39, 0.29) is 5.91 Å². The number of piperazine rings is 1. The molecule has 1 saturated heterocycles. The van der Waals surface area contributed by atoms with Crippen LogP contribution in [0.4, 0.5) is 5.82 Å². The largest absolute Gasteiger partial charge is 0.352 e. The maximum Gasteiger partial charge on any atom is 0.282 e. The first-order chi connectivity index (χ1) is 13.3. The van der Waals surface area contributed by atoms with Crippen molar-refractivity contribution in [2.24, 2.45) is 0 Å². The van der Waals surface area contributed by atoms with Crippen LogP contribution in [-0.4, -0.2) is 52.2 Å². The number of amides is 1. The van der Waals surface area contributed by atoms with Gasteiger partial charge in [-0.1, -0.05) is 6.07 Å². The number of nitrogens with zero attached hydrogens (tertiary/aromatic N) is 5. The van der Waals surface area contributed by atoms with Crippen LogP contribution >= 0.6 is 22.7 Å². The number of aryl methyl sites for hydroxylation is 2. The van der Waals surface area contributed by atoms with Crippen LogP contribution in [0.15, 0.2) is 29.0 Å². The zero-order valence-electron chi connectivity index (χ0n) is 14.8. The molecule has 0 bridgehead atoms. The SMILES string of the molecule is O=C(c1nc(-c2cccs2)cs1)N1CCN(c2cc3c(nn2)CCC3)CC1. The van der Waals surface area contributed by atoms with Crippen LogP contribution in [-0.2, 0) is 12.8 Å². The number of hydrogen-bond donors (Lipinski definition) is 0. The molecule has 1 amide bonds. The van der Waals surface area contributed by atoms with Crippen molar-refractivity contribution in [2.75, 3.05) is 31.1 Å². The molecule has 0 saturated carbocycles. The van der Waals surface area contributed by atoms with Gasteiger partial charge in [0.15, 0.2) is 10.8 Å². The second-order valence-electron chi connectivity index (χ2n) is 6.82. The van der Waals surface area contributed by atoms with E-state index >= 15 is 0 Å². The molecular formula is C19H19N5OS2. The predicted octanol–water partition coefficient (Wildman–Crippen LogP) is 3.11. The molecule has 1 aliphatic heterocycles. The number of fused-ring (bicyclic) bond motifs is 1. The van der Waals surface area contributed by atoms with Gasteiger partial charge in [0.05, 0.1) is 16.3 Å². The number of carbonyl (C=O) groups is 1. The Kier molecular flexibility index (Phi) is 4.37. The van der Waals surface area contributed by atoms with Gasteiger partial charge >= 0.3 is 0 Å². The van der Waals surface area contributed by atoms with Crippen LogP contribution in [0.1, 0.15) is 27.5 Å². The first kappa shape index (κ1) is 16.8. The minimum Gasteiger partial charge on any atom is -0.352 e. The van der Waals surface area contributed by atoms with Crippen molar-refractivity contribution in [1.29, 1.82) is 0 Å². The molecule has 4 heterocycles. The summed E-state index contributed by atoms with van der Waals surface area (Å²) in [6.07, 6.45) is 3.33. The van der Waals surface area contributed by atoms with E-state index in [9.17, 15) is 4.79 Å². The van der Waals surface area contributed by atoms with Gasteiger partial charge in [-0.3, -0.25) is 4.79 Å². The van der Waals surface area contributed by atoms with Crippen LogP contribution in [0.3, 0.4) is 0 Å². The molecule has 0 spiro atoms. The Hall–Kier alpha value is -2.32. The lowest BCUT2D eigenvalue weighted by atomic mass is 10.2. The van der Waals surface area contributed by atoms with E-state index in [1.807, 2.05) is 27.8 Å². The predicted molar refractivity (Wildman–Crippen MR) is 108 cm³/mol. The van der Waals surface area contributed by atoms with Crippen molar-refractivity contribution in [2.45, 2.75) is 19.3 Å². The van der Waals surface area contributed by atoms with E-state index in [1.165, 1.54) is 23.3 Å². The Balaban J connectivity index is 1.24. The third-order valence-electron chi connectivity index (χ3n) is 5.16. The second kappa shape index (κ2) is 7.01. The van der Waals surface area contributed by atoms with E-state index in [0.717, 1.165) is 48.0 Å². The highest BCUT2D eigenvalue weighted by Crippen LogP contribution is 2.27. The summed E-state index contributed by atoms with van der Waals surface area (Å²) in [5.74, 6) is 0.972. The third-order valence-corrected chi connectivity index (χ3v) is 6.88. The number of rotatable bonds is 3. The van der Waals surface area contributed by atoms with E-state index in [1.54, 1.807) is 11.3 Å². The molecule has 3 aromatic heterocycles. The van der Waals surface area contributed by atoms with Crippen molar-refractivity contribution in [1.82, 2.24) is 20.1 Å². The standard InChI is InChI=1S/C19H19N5OS2/c25-19(18-20-15(12-27-18)16-5-2-10-26-16)24-8-6-23(7-9-24)17-11-13-3-1-4-14(13)21-22-17/h2,5,10-12H,1,3-4,6-9H2. The van der Waals surface area contributed by atoms with E-state index in [0.29, 0.717) is 18.1 Å². The summed E-state index contributed by atoms with van der Waals surface area (Å²) < 4.78 is 0. The number of carbonyl (C=O) groups excluding carboxylic acids is 1. The number of thiazole rings is 1. The summed E-state index contributed by atoms with van der Waals surface area (Å²) in [5.41, 5.74) is 3.38. The van der Waals surface area contributed by atoms with Crippen LogP contribution in [0.2, 0.25) is 0 Å². The minimum atomic E-state index is 0.0301. The zero-order valence-corrected chi connectivity index (χ0v) is 16.4. The summed E-state index contributed by atoms with van der Waals surface area (Å²) in [7, 11) is 0. The molecule has 0 unspecified atom stereocenters. The molecule has 6 nitrogen and oxygen atoms in total. The van der Waals surface area contributed by atoms with Crippen molar-refractivity contribution < 1.29 is 4.79 Å². The topological polar surface area (TPSA) is 62.2 Å². The highest BCUT2D eigenvalue weighted by Gasteiger charge is 2.26. The Labute approximate surface area is 165 Å². The molecule has 27 heavy (non-hydrogen) atoms. The van der Waals surface area contributed by atoms with Crippen molar-refractivity contribution >= 4 is 34.4 Å². The average Bonchev–Trinajstić information content (AvgIpc) is 3.48. The number of thiophene rings is 1. The van der Waals surface area contributed by atoms with Crippen LogP contribution in [0.5, 0.6) is 0 Å². The molecular weight excluding hydrogens is 378 g/mol. The minimum absolute atomic E-state index is 0.0301. The lowest BCUT2D eigenvalue weighted by Crippen LogP contribution is -2.49. The molecule has 2 aliphatic rings. The fraction of sp³-hybridized carbons (Fsp3) is 0.368. The van der Waals surface area contributed by atoms with E-state index < -0.39 is 0 Å². The van der Waals surface area contributed by atoms with Crippen LogP contribution in [0.25, 0.3) is 10.6 Å².